The van der Waals surface area contributed by atoms with Crippen LogP contribution in [0.25, 0.3) is 16.7 Å². The topological polar surface area (TPSA) is 81.3 Å². The van der Waals surface area contributed by atoms with E-state index in [0.717, 1.165) is 5.56 Å². The van der Waals surface area contributed by atoms with Gasteiger partial charge in [-0.15, -0.1) is 10.2 Å². The maximum absolute atomic E-state index is 13.3. The highest BCUT2D eigenvalue weighted by atomic mass is 32.2. The second-order valence-corrected chi connectivity index (χ2v) is 10.1. The van der Waals surface area contributed by atoms with Gasteiger partial charge in [0.05, 0.1) is 10.9 Å². The van der Waals surface area contributed by atoms with Crippen LogP contribution in [0.2, 0.25) is 0 Å². The minimum Gasteiger partial charge on any atom is -0.352 e. The van der Waals surface area contributed by atoms with Gasteiger partial charge in [0.2, 0.25) is 5.78 Å². The minimum absolute atomic E-state index is 0.159. The van der Waals surface area contributed by atoms with Crippen molar-refractivity contribution < 1.29 is 9.18 Å². The van der Waals surface area contributed by atoms with Gasteiger partial charge in [0, 0.05) is 24.4 Å². The van der Waals surface area contributed by atoms with E-state index >= 15 is 0 Å². The molecule has 1 amide bonds. The second-order valence-electron chi connectivity index (χ2n) is 9.18. The number of nitrogens with one attached hydrogen (secondary N) is 1. The summed E-state index contributed by atoms with van der Waals surface area (Å²) in [5.74, 6) is 1.07. The summed E-state index contributed by atoms with van der Waals surface area (Å²) in [6, 6.07) is 11.4. The van der Waals surface area contributed by atoms with E-state index < -0.39 is 0 Å². The van der Waals surface area contributed by atoms with Crippen molar-refractivity contribution in [3.8, 4) is 0 Å². The molecule has 9 heteroatoms. The molecule has 4 rings (SSSR count). The summed E-state index contributed by atoms with van der Waals surface area (Å²) in [5, 5.41) is 12.7. The third-order valence-electron chi connectivity index (χ3n) is 5.33. The van der Waals surface area contributed by atoms with Crippen molar-refractivity contribution in [3.05, 3.63) is 69.8 Å². The van der Waals surface area contributed by atoms with Gasteiger partial charge in [-0.3, -0.25) is 18.6 Å². The lowest BCUT2D eigenvalue weighted by molar-refractivity contribution is 0.0949. The summed E-state index contributed by atoms with van der Waals surface area (Å²) in [6.07, 6.45) is 0. The van der Waals surface area contributed by atoms with E-state index in [1.54, 1.807) is 34.9 Å². The molecule has 178 valence electrons. The van der Waals surface area contributed by atoms with E-state index in [9.17, 15) is 14.0 Å². The number of benzene rings is 2. The van der Waals surface area contributed by atoms with Crippen LogP contribution < -0.4 is 10.9 Å². The molecule has 0 unspecified atom stereocenters. The van der Waals surface area contributed by atoms with Crippen molar-refractivity contribution in [1.82, 2.24) is 24.5 Å². The van der Waals surface area contributed by atoms with Crippen molar-refractivity contribution in [1.29, 1.82) is 0 Å². The lowest BCUT2D eigenvalue weighted by atomic mass is 10.1. The minimum atomic E-state index is -0.284. The zero-order valence-electron chi connectivity index (χ0n) is 19.7. The molecule has 0 saturated heterocycles. The van der Waals surface area contributed by atoms with Gasteiger partial charge in [0.15, 0.2) is 5.16 Å². The number of hydrogen-bond acceptors (Lipinski definition) is 5. The normalized spacial score (nSPS) is 11.7. The fourth-order valence-corrected chi connectivity index (χ4v) is 4.57. The highest BCUT2D eigenvalue weighted by Gasteiger charge is 2.19. The average Bonchev–Trinajstić information content (AvgIpc) is 3.23. The number of carbonyl (C=O) groups is 1. The number of carbonyl (C=O) groups excluding carboxylic acids is 1. The first-order valence-electron chi connectivity index (χ1n) is 11.3. The predicted octanol–water partition coefficient (Wildman–Crippen LogP) is 4.52. The molecule has 0 radical (unpaired) electrons. The molecule has 34 heavy (non-hydrogen) atoms. The van der Waals surface area contributed by atoms with E-state index in [4.69, 9.17) is 0 Å². The van der Waals surface area contributed by atoms with Gasteiger partial charge < -0.3 is 5.32 Å². The van der Waals surface area contributed by atoms with E-state index in [0.29, 0.717) is 52.2 Å². The molecular weight excluding hydrogens is 453 g/mol. The molecule has 0 fully saturated rings. The van der Waals surface area contributed by atoms with Crippen LogP contribution in [-0.4, -0.2) is 31.6 Å². The van der Waals surface area contributed by atoms with Crippen molar-refractivity contribution in [2.75, 3.05) is 6.54 Å². The second kappa shape index (κ2) is 9.97. The van der Waals surface area contributed by atoms with Crippen LogP contribution in [-0.2, 0) is 12.3 Å². The molecule has 4 aromatic rings. The SMILES string of the molecule is CC(C)CNC(=O)c1ccc2c(=O)n(CC(C)C)c3nnc(SCc4ccc(F)cc4)n3c2c1. The average molecular weight is 482 g/mol. The van der Waals surface area contributed by atoms with Gasteiger partial charge >= 0.3 is 0 Å². The zero-order chi connectivity index (χ0) is 24.4. The first-order valence-corrected chi connectivity index (χ1v) is 12.3. The zero-order valence-corrected chi connectivity index (χ0v) is 20.5. The Labute approximate surface area is 201 Å². The van der Waals surface area contributed by atoms with Crippen molar-refractivity contribution in [2.45, 2.75) is 45.1 Å². The maximum Gasteiger partial charge on any atom is 0.262 e. The Morgan fingerprint density at radius 1 is 1.06 bits per heavy atom. The molecular formula is C25H28FN5O2S. The van der Waals surface area contributed by atoms with E-state index in [-0.39, 0.29) is 23.2 Å². The van der Waals surface area contributed by atoms with Crippen LogP contribution >= 0.6 is 11.8 Å². The van der Waals surface area contributed by atoms with Crippen LogP contribution in [0.4, 0.5) is 4.39 Å². The molecule has 2 aromatic heterocycles. The highest BCUT2D eigenvalue weighted by Crippen LogP contribution is 2.25. The van der Waals surface area contributed by atoms with Gasteiger partial charge in [-0.2, -0.15) is 0 Å². The highest BCUT2D eigenvalue weighted by molar-refractivity contribution is 7.98. The third-order valence-corrected chi connectivity index (χ3v) is 6.33. The summed E-state index contributed by atoms with van der Waals surface area (Å²) >= 11 is 1.44. The van der Waals surface area contributed by atoms with Gasteiger partial charge in [0.1, 0.15) is 5.82 Å². The fraction of sp³-hybridized carbons (Fsp3) is 0.360. The Kier molecular flexibility index (Phi) is 7.02. The van der Waals surface area contributed by atoms with E-state index in [1.807, 2.05) is 32.1 Å². The molecule has 0 aliphatic heterocycles. The Balaban J connectivity index is 1.83. The Hall–Kier alpha value is -3.20. The van der Waals surface area contributed by atoms with Gasteiger partial charge in [0.25, 0.3) is 11.5 Å². The summed E-state index contributed by atoms with van der Waals surface area (Å²) < 4.78 is 16.8. The number of rotatable bonds is 8. The Morgan fingerprint density at radius 2 is 1.79 bits per heavy atom. The van der Waals surface area contributed by atoms with Crippen molar-refractivity contribution >= 4 is 34.3 Å². The number of aromatic nitrogens is 4. The molecule has 2 heterocycles. The first kappa shape index (κ1) is 23.9. The van der Waals surface area contributed by atoms with Gasteiger partial charge in [-0.05, 0) is 47.7 Å². The quantitative estimate of drug-likeness (QED) is 0.374. The molecule has 0 atom stereocenters. The first-order chi connectivity index (χ1) is 16.2. The lowest BCUT2D eigenvalue weighted by Crippen LogP contribution is -2.28. The summed E-state index contributed by atoms with van der Waals surface area (Å²) in [6.45, 7) is 9.20. The number of fused-ring (bicyclic) bond motifs is 3. The van der Waals surface area contributed by atoms with Crippen LogP contribution in [0.1, 0.15) is 43.6 Å². The number of hydrogen-bond donors (Lipinski definition) is 1. The number of nitrogens with zero attached hydrogens (tertiary/aromatic N) is 4. The van der Waals surface area contributed by atoms with E-state index in [1.165, 1.54) is 23.9 Å². The fourth-order valence-electron chi connectivity index (χ4n) is 3.67. The van der Waals surface area contributed by atoms with Crippen LogP contribution in [0.3, 0.4) is 0 Å². The van der Waals surface area contributed by atoms with Crippen LogP contribution in [0.15, 0.2) is 52.4 Å². The predicted molar refractivity (Wildman–Crippen MR) is 133 cm³/mol. The Bertz CT molecular complexity index is 1390. The summed E-state index contributed by atoms with van der Waals surface area (Å²) in [4.78, 5) is 26.1. The van der Waals surface area contributed by atoms with Crippen molar-refractivity contribution in [3.63, 3.8) is 0 Å². The molecule has 0 aliphatic carbocycles. The number of thioether (sulfide) groups is 1. The smallest absolute Gasteiger partial charge is 0.262 e. The van der Waals surface area contributed by atoms with Crippen LogP contribution in [0, 0.1) is 17.7 Å². The number of halogens is 1. The molecule has 0 saturated carbocycles. The van der Waals surface area contributed by atoms with Gasteiger partial charge in [-0.25, -0.2) is 4.39 Å². The van der Waals surface area contributed by atoms with Gasteiger partial charge in [-0.1, -0.05) is 51.6 Å². The molecule has 0 aliphatic rings. The van der Waals surface area contributed by atoms with Crippen LogP contribution in [0.5, 0.6) is 0 Å². The number of amides is 1. The molecule has 0 bridgehead atoms. The van der Waals surface area contributed by atoms with E-state index in [2.05, 4.69) is 15.5 Å². The molecule has 7 nitrogen and oxygen atoms in total. The Morgan fingerprint density at radius 3 is 2.47 bits per heavy atom. The molecule has 0 spiro atoms. The largest absolute Gasteiger partial charge is 0.352 e. The summed E-state index contributed by atoms with van der Waals surface area (Å²) in [5.41, 5.74) is 1.84. The standard InChI is InChI=1S/C25H28FN5O2S/c1-15(2)12-27-22(32)18-7-10-20-21(11-18)31-24(30(23(20)33)13-16(3)4)28-29-25(31)34-14-17-5-8-19(26)9-6-17/h5-11,15-16H,12-14H2,1-4H3,(H,27,32). The maximum atomic E-state index is 13.3. The van der Waals surface area contributed by atoms with Crippen molar-refractivity contribution in [2.24, 2.45) is 11.8 Å². The third kappa shape index (κ3) is 4.99. The lowest BCUT2D eigenvalue weighted by Gasteiger charge is -2.14. The molecule has 1 N–H and O–H groups in total. The monoisotopic (exact) mass is 481 g/mol. The summed E-state index contributed by atoms with van der Waals surface area (Å²) in [7, 11) is 0. The molecule has 2 aromatic carbocycles.